The van der Waals surface area contributed by atoms with Gasteiger partial charge in [-0.05, 0) is 31.0 Å². The smallest absolute Gasteiger partial charge is 0.286 e. The van der Waals surface area contributed by atoms with E-state index in [-0.39, 0.29) is 12.2 Å². The molecule has 0 amide bonds. The number of azo groups is 1. The van der Waals surface area contributed by atoms with E-state index < -0.39 is 4.46 Å². The van der Waals surface area contributed by atoms with Crippen molar-refractivity contribution >= 4 is 57.9 Å². The number of nitrogens with zero attached hydrogens (tertiary/aromatic N) is 2. The number of halogens is 4. The third-order valence-electron chi connectivity index (χ3n) is 3.84. The van der Waals surface area contributed by atoms with Crippen LogP contribution in [0, 0.1) is 6.92 Å². The van der Waals surface area contributed by atoms with Gasteiger partial charge in [0, 0.05) is 11.4 Å². The first kappa shape index (κ1) is 22.7. The van der Waals surface area contributed by atoms with Crippen molar-refractivity contribution in [1.29, 1.82) is 0 Å². The number of hydrogen-bond acceptors (Lipinski definition) is 3. The van der Waals surface area contributed by atoms with Gasteiger partial charge in [0.05, 0.1) is 5.02 Å². The Labute approximate surface area is 170 Å². The maximum atomic E-state index is 12.2. The van der Waals surface area contributed by atoms with Crippen LogP contribution in [0.25, 0.3) is 0 Å². The summed E-state index contributed by atoms with van der Waals surface area (Å²) in [5.74, 6) is -0.351. The zero-order valence-corrected chi connectivity index (χ0v) is 17.6. The Morgan fingerprint density at radius 3 is 2.24 bits per heavy atom. The van der Waals surface area contributed by atoms with Gasteiger partial charge in [-0.2, -0.15) is 5.11 Å². The van der Waals surface area contributed by atoms with E-state index in [1.54, 1.807) is 19.1 Å². The maximum absolute atomic E-state index is 12.2. The van der Waals surface area contributed by atoms with E-state index in [0.29, 0.717) is 15.7 Å². The lowest BCUT2D eigenvalue weighted by Crippen LogP contribution is -2.22. The van der Waals surface area contributed by atoms with Crippen LogP contribution in [-0.2, 0) is 4.79 Å². The molecule has 0 saturated carbocycles. The molecule has 0 spiro atoms. The highest BCUT2D eigenvalue weighted by Crippen LogP contribution is 2.35. The number of aryl methyl sites for hydroxylation is 1. The SMILES string of the molecule is CCCCCCCCCC(=O)C(Cl)(Cl)N=Nc1c(C)cc(Cl)cc1Cl. The molecule has 1 aromatic carbocycles. The predicted octanol–water partition coefficient (Wildman–Crippen LogP) is 8.23. The summed E-state index contributed by atoms with van der Waals surface area (Å²) in [4.78, 5) is 12.2. The summed E-state index contributed by atoms with van der Waals surface area (Å²) < 4.78 is -1.89. The summed E-state index contributed by atoms with van der Waals surface area (Å²) in [7, 11) is 0. The molecule has 0 heterocycles. The number of alkyl halides is 2. The molecule has 3 nitrogen and oxygen atoms in total. The predicted molar refractivity (Wildman–Crippen MR) is 108 cm³/mol. The van der Waals surface area contributed by atoms with Gasteiger partial charge in [-0.25, -0.2) is 0 Å². The topological polar surface area (TPSA) is 41.8 Å². The Balaban J connectivity index is 2.52. The van der Waals surface area contributed by atoms with Gasteiger partial charge in [0.15, 0.2) is 5.78 Å². The van der Waals surface area contributed by atoms with Crippen LogP contribution in [0.5, 0.6) is 0 Å². The van der Waals surface area contributed by atoms with Crippen LogP contribution in [0.3, 0.4) is 0 Å². The third kappa shape index (κ3) is 8.25. The van der Waals surface area contributed by atoms with Gasteiger partial charge in [0.1, 0.15) is 5.69 Å². The largest absolute Gasteiger partial charge is 0.294 e. The normalized spacial score (nSPS) is 12.1. The van der Waals surface area contributed by atoms with Crippen LogP contribution in [-0.4, -0.2) is 10.2 Å². The van der Waals surface area contributed by atoms with Crippen molar-refractivity contribution < 1.29 is 4.79 Å². The first-order valence-electron chi connectivity index (χ1n) is 8.57. The summed E-state index contributed by atoms with van der Waals surface area (Å²) in [6.45, 7) is 3.98. The van der Waals surface area contributed by atoms with E-state index in [1.165, 1.54) is 25.7 Å². The molecule has 1 aromatic rings. The lowest BCUT2D eigenvalue weighted by molar-refractivity contribution is -0.119. The minimum absolute atomic E-state index is 0.285. The average Bonchev–Trinajstić information content (AvgIpc) is 2.52. The molecular weight excluding hydrogens is 402 g/mol. The lowest BCUT2D eigenvalue weighted by atomic mass is 10.1. The van der Waals surface area contributed by atoms with Crippen LogP contribution in [0.4, 0.5) is 5.69 Å². The van der Waals surface area contributed by atoms with E-state index in [4.69, 9.17) is 46.4 Å². The molecule has 0 bridgehead atoms. The minimum atomic E-state index is -1.89. The zero-order valence-electron chi connectivity index (χ0n) is 14.6. The van der Waals surface area contributed by atoms with E-state index in [9.17, 15) is 4.79 Å². The molecule has 7 heteroatoms. The number of unbranched alkanes of at least 4 members (excludes halogenated alkanes) is 6. The Bertz CT molecular complexity index is 580. The number of carbonyl (C=O) groups is 1. The third-order valence-corrected chi connectivity index (χ3v) is 4.92. The quantitative estimate of drug-likeness (QED) is 0.152. The molecule has 0 aliphatic carbocycles. The maximum Gasteiger partial charge on any atom is 0.286 e. The molecule has 0 aliphatic heterocycles. The second kappa shape index (κ2) is 11.4. The number of Topliss-reactive ketones (excluding diaryl/α,β-unsaturated/α-hetero) is 1. The van der Waals surface area contributed by atoms with Gasteiger partial charge in [0.25, 0.3) is 4.46 Å². The standard InChI is InChI=1S/C18H24Cl4N2O/c1-3-4-5-6-7-8-9-10-16(25)18(21,22)24-23-17-13(2)11-14(19)12-15(17)20/h11-12H,3-10H2,1-2H3. The molecule has 0 N–H and O–H groups in total. The summed E-state index contributed by atoms with van der Waals surface area (Å²) in [5, 5.41) is 8.59. The second-order valence-corrected chi connectivity index (χ2v) is 8.22. The average molecular weight is 426 g/mol. The van der Waals surface area contributed by atoms with E-state index in [0.717, 1.165) is 24.8 Å². The van der Waals surface area contributed by atoms with Crippen LogP contribution in [0.2, 0.25) is 10.0 Å². The summed E-state index contributed by atoms with van der Waals surface area (Å²) in [5.41, 5.74) is 1.13. The molecule has 0 fully saturated rings. The highest BCUT2D eigenvalue weighted by Gasteiger charge is 2.33. The Kier molecular flexibility index (Phi) is 10.3. The second-order valence-electron chi connectivity index (χ2n) is 6.09. The number of rotatable bonds is 11. The molecule has 0 radical (unpaired) electrons. The minimum Gasteiger partial charge on any atom is -0.294 e. The molecule has 0 atom stereocenters. The van der Waals surface area contributed by atoms with Crippen molar-refractivity contribution in [3.8, 4) is 0 Å². The van der Waals surface area contributed by atoms with E-state index in [2.05, 4.69) is 17.2 Å². The van der Waals surface area contributed by atoms with Crippen LogP contribution in [0.1, 0.15) is 63.9 Å². The number of benzene rings is 1. The molecule has 140 valence electrons. The Morgan fingerprint density at radius 2 is 1.64 bits per heavy atom. The fourth-order valence-electron chi connectivity index (χ4n) is 2.38. The first-order chi connectivity index (χ1) is 11.8. The van der Waals surface area contributed by atoms with Crippen molar-refractivity contribution in [2.24, 2.45) is 10.2 Å². The van der Waals surface area contributed by atoms with Gasteiger partial charge in [-0.3, -0.25) is 4.79 Å². The van der Waals surface area contributed by atoms with E-state index >= 15 is 0 Å². The molecule has 0 aliphatic rings. The van der Waals surface area contributed by atoms with Crippen molar-refractivity contribution in [3.63, 3.8) is 0 Å². The molecule has 1 rings (SSSR count). The van der Waals surface area contributed by atoms with Crippen molar-refractivity contribution in [2.45, 2.75) is 69.7 Å². The van der Waals surface area contributed by atoms with E-state index in [1.807, 2.05) is 0 Å². The summed E-state index contributed by atoms with van der Waals surface area (Å²) in [6.07, 6.45) is 8.07. The van der Waals surface area contributed by atoms with Crippen LogP contribution < -0.4 is 0 Å². The van der Waals surface area contributed by atoms with Crippen molar-refractivity contribution in [2.75, 3.05) is 0 Å². The molecule has 0 aromatic heterocycles. The van der Waals surface area contributed by atoms with Crippen LogP contribution >= 0.6 is 46.4 Å². The van der Waals surface area contributed by atoms with Crippen molar-refractivity contribution in [1.82, 2.24) is 0 Å². The van der Waals surface area contributed by atoms with Gasteiger partial charge >= 0.3 is 0 Å². The Hall–Kier alpha value is -0.350. The molecule has 25 heavy (non-hydrogen) atoms. The van der Waals surface area contributed by atoms with Gasteiger partial charge < -0.3 is 0 Å². The summed E-state index contributed by atoms with van der Waals surface area (Å²) in [6, 6.07) is 3.25. The zero-order chi connectivity index (χ0) is 18.9. The molecular formula is C18H24Cl4N2O. The monoisotopic (exact) mass is 424 g/mol. The van der Waals surface area contributed by atoms with Gasteiger partial charge in [-0.1, -0.05) is 91.9 Å². The number of carbonyl (C=O) groups excluding carboxylic acids is 1. The molecule has 0 saturated heterocycles. The van der Waals surface area contributed by atoms with Gasteiger partial charge in [-0.15, -0.1) is 5.11 Å². The molecule has 0 unspecified atom stereocenters. The summed E-state index contributed by atoms with van der Waals surface area (Å²) >= 11 is 24.1. The fourth-order valence-corrected chi connectivity index (χ4v) is 3.28. The first-order valence-corrected chi connectivity index (χ1v) is 10.1. The Morgan fingerprint density at radius 1 is 1.04 bits per heavy atom. The van der Waals surface area contributed by atoms with Gasteiger partial charge in [0.2, 0.25) is 0 Å². The number of ketones is 1. The number of hydrogen-bond donors (Lipinski definition) is 0. The van der Waals surface area contributed by atoms with Crippen LogP contribution in [0.15, 0.2) is 22.4 Å². The highest BCUT2D eigenvalue weighted by molar-refractivity contribution is 6.58. The highest BCUT2D eigenvalue weighted by atomic mass is 35.5. The lowest BCUT2D eigenvalue weighted by Gasteiger charge is -2.12. The van der Waals surface area contributed by atoms with Crippen molar-refractivity contribution in [3.05, 3.63) is 27.7 Å². The fraction of sp³-hybridized carbons (Fsp3) is 0.611.